The number of carbonyl (C=O) groups excluding carboxylic acids is 2. The van der Waals surface area contributed by atoms with Crippen molar-refractivity contribution < 1.29 is 19.4 Å². The van der Waals surface area contributed by atoms with Gasteiger partial charge in [-0.2, -0.15) is 0 Å². The zero-order chi connectivity index (χ0) is 12.6. The minimum Gasteiger partial charge on any atom is -0.511 e. The van der Waals surface area contributed by atoms with Gasteiger partial charge in [-0.1, -0.05) is 12.7 Å². The van der Waals surface area contributed by atoms with Crippen molar-refractivity contribution >= 4 is 11.9 Å². The topological polar surface area (TPSA) is 75.6 Å². The van der Waals surface area contributed by atoms with E-state index in [9.17, 15) is 14.7 Å². The summed E-state index contributed by atoms with van der Waals surface area (Å²) >= 11 is 0. The molecule has 1 atom stereocenters. The highest BCUT2D eigenvalue weighted by Crippen LogP contribution is 2.03. The largest absolute Gasteiger partial charge is 0.511 e. The van der Waals surface area contributed by atoms with Crippen LogP contribution < -0.4 is 5.32 Å². The van der Waals surface area contributed by atoms with Crippen LogP contribution in [0, 0.1) is 0 Å². The van der Waals surface area contributed by atoms with Crippen LogP contribution in [0.5, 0.6) is 0 Å². The van der Waals surface area contributed by atoms with Crippen LogP contribution in [0.25, 0.3) is 0 Å². The molecular formula is C11H17NO4. The van der Waals surface area contributed by atoms with Crippen LogP contribution in [0.3, 0.4) is 0 Å². The van der Waals surface area contributed by atoms with Gasteiger partial charge in [-0.25, -0.2) is 0 Å². The maximum Gasteiger partial charge on any atom is 0.308 e. The number of nitrogens with one attached hydrogen (secondary N) is 1. The highest BCUT2D eigenvalue weighted by Gasteiger charge is 2.18. The van der Waals surface area contributed by atoms with Gasteiger partial charge < -0.3 is 15.2 Å². The number of allylic oxidation sites excluding steroid dienone is 1. The third-order valence-electron chi connectivity index (χ3n) is 1.91. The molecule has 1 unspecified atom stereocenters. The van der Waals surface area contributed by atoms with Crippen LogP contribution in [-0.4, -0.2) is 30.1 Å². The van der Waals surface area contributed by atoms with Crippen molar-refractivity contribution in [1.29, 1.82) is 0 Å². The number of esters is 1. The van der Waals surface area contributed by atoms with Gasteiger partial charge in [-0.15, -0.1) is 6.58 Å². The summed E-state index contributed by atoms with van der Waals surface area (Å²) < 4.78 is 4.43. The third kappa shape index (κ3) is 5.85. The summed E-state index contributed by atoms with van der Waals surface area (Å²) in [4.78, 5) is 22.3. The lowest BCUT2D eigenvalue weighted by molar-refractivity contribution is -0.141. The van der Waals surface area contributed by atoms with Crippen molar-refractivity contribution in [3.8, 4) is 0 Å². The number of hydrogen-bond acceptors (Lipinski definition) is 4. The predicted octanol–water partition coefficient (Wildman–Crippen LogP) is 1.07. The first kappa shape index (κ1) is 14.2. The molecule has 1 amide bonds. The minimum atomic E-state index is -0.801. The van der Waals surface area contributed by atoms with E-state index < -0.39 is 12.0 Å². The average Bonchev–Trinajstić information content (AvgIpc) is 2.24. The molecule has 0 bridgehead atoms. The lowest BCUT2D eigenvalue weighted by Gasteiger charge is -2.16. The summed E-state index contributed by atoms with van der Waals surface area (Å²) in [6, 6.07) is -0.801. The van der Waals surface area contributed by atoms with E-state index in [-0.39, 0.29) is 24.5 Å². The molecule has 0 aliphatic heterocycles. The first-order chi connectivity index (χ1) is 7.51. The quantitative estimate of drug-likeness (QED) is 0.387. The Labute approximate surface area is 94.8 Å². The molecule has 5 nitrogen and oxygen atoms in total. The van der Waals surface area contributed by atoms with E-state index in [1.807, 2.05) is 0 Å². The molecule has 0 spiro atoms. The fourth-order valence-electron chi connectivity index (χ4n) is 1.00. The fraction of sp³-hybridized carbons (Fsp3) is 0.455. The van der Waals surface area contributed by atoms with Crippen molar-refractivity contribution in [1.82, 2.24) is 5.32 Å². The second kappa shape index (κ2) is 7.50. The monoisotopic (exact) mass is 227 g/mol. The first-order valence-corrected chi connectivity index (χ1v) is 4.86. The van der Waals surface area contributed by atoms with E-state index in [0.717, 1.165) is 0 Å². The van der Waals surface area contributed by atoms with Crippen molar-refractivity contribution in [2.24, 2.45) is 0 Å². The third-order valence-corrected chi connectivity index (χ3v) is 1.91. The first-order valence-electron chi connectivity index (χ1n) is 4.86. The Bertz CT molecular complexity index is 286. The van der Waals surface area contributed by atoms with Gasteiger partial charge in [0.05, 0.1) is 19.6 Å². The number of rotatable bonds is 7. The van der Waals surface area contributed by atoms with Gasteiger partial charge >= 0.3 is 5.97 Å². The van der Waals surface area contributed by atoms with Gasteiger partial charge in [0.25, 0.3) is 0 Å². The van der Waals surface area contributed by atoms with Crippen molar-refractivity contribution in [2.75, 3.05) is 7.11 Å². The highest BCUT2D eigenvalue weighted by molar-refractivity contribution is 5.78. The summed E-state index contributed by atoms with van der Waals surface area (Å²) in [7, 11) is 1.24. The summed E-state index contributed by atoms with van der Waals surface area (Å²) in [5.74, 6) is -1.06. The number of aliphatic hydroxyl groups is 1. The van der Waals surface area contributed by atoms with Crippen LogP contribution in [-0.2, 0) is 14.3 Å². The van der Waals surface area contributed by atoms with Crippen LogP contribution in [0.2, 0.25) is 0 Å². The Morgan fingerprint density at radius 3 is 2.62 bits per heavy atom. The molecule has 0 aliphatic rings. The molecule has 0 aromatic rings. The Morgan fingerprint density at radius 2 is 2.19 bits per heavy atom. The lowest BCUT2D eigenvalue weighted by Crippen LogP contribution is -2.37. The molecule has 5 heteroatoms. The number of amides is 1. The van der Waals surface area contributed by atoms with E-state index in [4.69, 9.17) is 0 Å². The lowest BCUT2D eigenvalue weighted by atomic mass is 10.1. The summed E-state index contributed by atoms with van der Waals surface area (Å²) in [5, 5.41) is 11.7. The van der Waals surface area contributed by atoms with Gasteiger partial charge in [0.15, 0.2) is 0 Å². The molecule has 0 radical (unpaired) electrons. The SMILES string of the molecule is C=CCCC(=O)NC(CC(=O)OC)C(=C)O. The summed E-state index contributed by atoms with van der Waals surface area (Å²) in [6.45, 7) is 6.78. The predicted molar refractivity (Wildman–Crippen MR) is 59.8 cm³/mol. The highest BCUT2D eigenvalue weighted by atomic mass is 16.5. The van der Waals surface area contributed by atoms with Gasteiger partial charge in [-0.3, -0.25) is 9.59 Å². The Morgan fingerprint density at radius 1 is 1.56 bits per heavy atom. The molecule has 0 aromatic heterocycles. The summed E-state index contributed by atoms with van der Waals surface area (Å²) in [6.07, 6.45) is 2.28. The smallest absolute Gasteiger partial charge is 0.308 e. The van der Waals surface area contributed by atoms with E-state index in [1.165, 1.54) is 7.11 Å². The van der Waals surface area contributed by atoms with Crippen LogP contribution in [0.15, 0.2) is 25.0 Å². The van der Waals surface area contributed by atoms with E-state index in [2.05, 4.69) is 23.2 Å². The molecule has 0 heterocycles. The van der Waals surface area contributed by atoms with Crippen molar-refractivity contribution in [2.45, 2.75) is 25.3 Å². The minimum absolute atomic E-state index is 0.133. The van der Waals surface area contributed by atoms with Gasteiger partial charge in [-0.05, 0) is 6.42 Å². The van der Waals surface area contributed by atoms with Crippen LogP contribution in [0.4, 0.5) is 0 Å². The Kier molecular flexibility index (Phi) is 6.67. The number of methoxy groups -OCH3 is 1. The van der Waals surface area contributed by atoms with Crippen LogP contribution in [0.1, 0.15) is 19.3 Å². The normalized spacial score (nSPS) is 11.3. The molecule has 0 saturated heterocycles. The van der Waals surface area contributed by atoms with E-state index >= 15 is 0 Å². The molecule has 90 valence electrons. The van der Waals surface area contributed by atoms with Crippen LogP contribution >= 0.6 is 0 Å². The summed E-state index contributed by atoms with van der Waals surface area (Å²) in [5.41, 5.74) is 0. The molecule has 0 saturated carbocycles. The van der Waals surface area contributed by atoms with Gasteiger partial charge in [0.2, 0.25) is 5.91 Å². The molecule has 16 heavy (non-hydrogen) atoms. The molecule has 0 rings (SSSR count). The molecule has 0 aromatic carbocycles. The molecule has 0 aliphatic carbocycles. The van der Waals surface area contributed by atoms with E-state index in [1.54, 1.807) is 6.08 Å². The second-order valence-electron chi connectivity index (χ2n) is 3.22. The van der Waals surface area contributed by atoms with Gasteiger partial charge in [0, 0.05) is 6.42 Å². The maximum atomic E-state index is 11.3. The number of hydrogen-bond donors (Lipinski definition) is 2. The standard InChI is InChI=1S/C11H17NO4/c1-4-5-6-10(14)12-9(8(2)13)7-11(15)16-3/h4,9,13H,1-2,5-7H2,3H3,(H,12,14). The fourth-order valence-corrected chi connectivity index (χ4v) is 1.00. The van der Waals surface area contributed by atoms with Crippen molar-refractivity contribution in [3.05, 3.63) is 25.0 Å². The number of ether oxygens (including phenoxy) is 1. The van der Waals surface area contributed by atoms with Crippen molar-refractivity contribution in [3.63, 3.8) is 0 Å². The number of carbonyl (C=O) groups is 2. The van der Waals surface area contributed by atoms with E-state index in [0.29, 0.717) is 6.42 Å². The Balaban J connectivity index is 4.22. The zero-order valence-corrected chi connectivity index (χ0v) is 9.36. The van der Waals surface area contributed by atoms with Gasteiger partial charge in [0.1, 0.15) is 5.76 Å². The molecular weight excluding hydrogens is 210 g/mol. The second-order valence-corrected chi connectivity index (χ2v) is 3.22. The molecule has 0 fully saturated rings. The molecule has 2 N–H and O–H groups in total. The Hall–Kier alpha value is -1.78. The number of aliphatic hydroxyl groups excluding tert-OH is 1. The average molecular weight is 227 g/mol. The zero-order valence-electron chi connectivity index (χ0n) is 9.36. The maximum absolute atomic E-state index is 11.3.